The molecule has 0 saturated heterocycles. The lowest BCUT2D eigenvalue weighted by molar-refractivity contribution is 0.102. The minimum atomic E-state index is -0.256. The molecule has 3 aromatic carbocycles. The van der Waals surface area contributed by atoms with Gasteiger partial charge in [-0.05, 0) is 61.0 Å². The summed E-state index contributed by atoms with van der Waals surface area (Å²) in [6.45, 7) is 1.86. The van der Waals surface area contributed by atoms with Crippen molar-refractivity contribution >= 4 is 45.7 Å². The largest absolute Gasteiger partial charge is 0.361 e. The SMILES string of the molecule is Cc1cccc(Cl)c1C(=O)Nc1cccc(Nc2nccc(-c3ccc4[nH]ccc4c3)n2)c1. The van der Waals surface area contributed by atoms with E-state index in [0.29, 0.717) is 22.2 Å². The average molecular weight is 454 g/mol. The van der Waals surface area contributed by atoms with Crippen molar-refractivity contribution in [3.8, 4) is 11.3 Å². The predicted octanol–water partition coefficient (Wildman–Crippen LogP) is 6.58. The molecule has 0 radical (unpaired) electrons. The van der Waals surface area contributed by atoms with Crippen molar-refractivity contribution < 1.29 is 4.79 Å². The fourth-order valence-corrected chi connectivity index (χ4v) is 4.02. The lowest BCUT2D eigenvalue weighted by Gasteiger charge is -2.11. The van der Waals surface area contributed by atoms with Gasteiger partial charge in [0.15, 0.2) is 0 Å². The number of halogens is 1. The number of benzene rings is 3. The van der Waals surface area contributed by atoms with E-state index >= 15 is 0 Å². The lowest BCUT2D eigenvalue weighted by Crippen LogP contribution is -2.14. The summed E-state index contributed by atoms with van der Waals surface area (Å²) in [6.07, 6.45) is 3.64. The fraction of sp³-hybridized carbons (Fsp3) is 0.0385. The van der Waals surface area contributed by atoms with E-state index < -0.39 is 0 Å². The van der Waals surface area contributed by atoms with Crippen LogP contribution >= 0.6 is 11.6 Å². The number of hydrogen-bond donors (Lipinski definition) is 3. The molecule has 5 aromatic rings. The molecule has 162 valence electrons. The van der Waals surface area contributed by atoms with Crippen LogP contribution in [0.2, 0.25) is 5.02 Å². The topological polar surface area (TPSA) is 82.7 Å². The summed E-state index contributed by atoms with van der Waals surface area (Å²) in [5, 5.41) is 7.67. The van der Waals surface area contributed by atoms with Crippen LogP contribution in [0, 0.1) is 6.92 Å². The Balaban J connectivity index is 1.36. The molecule has 0 aliphatic rings. The molecule has 33 heavy (non-hydrogen) atoms. The van der Waals surface area contributed by atoms with Gasteiger partial charge in [0.05, 0.1) is 16.3 Å². The Morgan fingerprint density at radius 3 is 2.70 bits per heavy atom. The first-order valence-electron chi connectivity index (χ1n) is 10.4. The highest BCUT2D eigenvalue weighted by atomic mass is 35.5. The molecule has 0 atom stereocenters. The van der Waals surface area contributed by atoms with E-state index in [9.17, 15) is 4.79 Å². The molecule has 5 rings (SSSR count). The van der Waals surface area contributed by atoms with Crippen LogP contribution < -0.4 is 10.6 Å². The molecule has 0 spiro atoms. The van der Waals surface area contributed by atoms with Gasteiger partial charge in [-0.25, -0.2) is 9.97 Å². The van der Waals surface area contributed by atoms with Crippen LogP contribution in [-0.4, -0.2) is 20.9 Å². The number of aryl methyl sites for hydroxylation is 1. The van der Waals surface area contributed by atoms with Crippen molar-refractivity contribution in [1.29, 1.82) is 0 Å². The van der Waals surface area contributed by atoms with Crippen molar-refractivity contribution in [3.63, 3.8) is 0 Å². The van der Waals surface area contributed by atoms with Gasteiger partial charge in [0, 0.05) is 40.2 Å². The molecular formula is C26H20ClN5O. The average Bonchev–Trinajstić information content (AvgIpc) is 3.27. The molecule has 0 bridgehead atoms. The molecule has 2 aromatic heterocycles. The maximum atomic E-state index is 12.8. The highest BCUT2D eigenvalue weighted by Gasteiger charge is 2.13. The third-order valence-electron chi connectivity index (χ3n) is 5.33. The Morgan fingerprint density at radius 2 is 1.82 bits per heavy atom. The second-order valence-corrected chi connectivity index (χ2v) is 8.04. The minimum Gasteiger partial charge on any atom is -0.361 e. The van der Waals surface area contributed by atoms with Crippen LogP contribution in [0.3, 0.4) is 0 Å². The van der Waals surface area contributed by atoms with E-state index in [-0.39, 0.29) is 5.91 Å². The Bertz CT molecular complexity index is 1460. The summed E-state index contributed by atoms with van der Waals surface area (Å²) in [4.78, 5) is 24.9. The summed E-state index contributed by atoms with van der Waals surface area (Å²) in [5.74, 6) is 0.209. The van der Waals surface area contributed by atoms with Gasteiger partial charge >= 0.3 is 0 Å². The monoisotopic (exact) mass is 453 g/mol. The second kappa shape index (κ2) is 8.76. The predicted molar refractivity (Wildman–Crippen MR) is 133 cm³/mol. The van der Waals surface area contributed by atoms with E-state index in [0.717, 1.165) is 33.4 Å². The number of anilines is 3. The van der Waals surface area contributed by atoms with Crippen LogP contribution in [0.4, 0.5) is 17.3 Å². The molecule has 0 fully saturated rings. The molecule has 0 unspecified atom stereocenters. The summed E-state index contributed by atoms with van der Waals surface area (Å²) in [7, 11) is 0. The number of carbonyl (C=O) groups excluding carboxylic acids is 1. The van der Waals surface area contributed by atoms with E-state index in [1.165, 1.54) is 0 Å². The third-order valence-corrected chi connectivity index (χ3v) is 5.65. The molecule has 0 aliphatic heterocycles. The molecule has 0 saturated carbocycles. The van der Waals surface area contributed by atoms with Gasteiger partial charge in [-0.3, -0.25) is 4.79 Å². The first-order valence-corrected chi connectivity index (χ1v) is 10.8. The molecule has 7 heteroatoms. The van der Waals surface area contributed by atoms with E-state index in [2.05, 4.69) is 31.7 Å². The Kier molecular flexibility index (Phi) is 5.50. The zero-order valence-corrected chi connectivity index (χ0v) is 18.5. The smallest absolute Gasteiger partial charge is 0.257 e. The Hall–Kier alpha value is -4.16. The Morgan fingerprint density at radius 1 is 0.970 bits per heavy atom. The third kappa shape index (κ3) is 4.42. The van der Waals surface area contributed by atoms with Crippen LogP contribution in [0.1, 0.15) is 15.9 Å². The van der Waals surface area contributed by atoms with Crippen LogP contribution in [0.15, 0.2) is 85.2 Å². The van der Waals surface area contributed by atoms with Gasteiger partial charge in [0.25, 0.3) is 5.91 Å². The summed E-state index contributed by atoms with van der Waals surface area (Å²) >= 11 is 6.23. The van der Waals surface area contributed by atoms with Crippen molar-refractivity contribution in [2.75, 3.05) is 10.6 Å². The highest BCUT2D eigenvalue weighted by Crippen LogP contribution is 2.25. The zero-order chi connectivity index (χ0) is 22.8. The number of aromatic amines is 1. The number of carbonyl (C=O) groups is 1. The van der Waals surface area contributed by atoms with Crippen molar-refractivity contribution in [2.24, 2.45) is 0 Å². The first kappa shape index (κ1) is 20.7. The van der Waals surface area contributed by atoms with E-state index in [1.807, 2.05) is 73.8 Å². The lowest BCUT2D eigenvalue weighted by atomic mass is 10.1. The normalized spacial score (nSPS) is 10.8. The summed E-state index contributed by atoms with van der Waals surface area (Å²) in [5.41, 5.74) is 5.57. The minimum absolute atomic E-state index is 0.256. The standard InChI is InChI=1S/C26H20ClN5O/c1-16-4-2-7-21(27)24(16)25(33)30-19-5-3-6-20(15-19)31-26-29-13-11-23(32-26)17-8-9-22-18(14-17)10-12-28-22/h2-15,28H,1H3,(H,30,33)(H,29,31,32). The molecule has 2 heterocycles. The second-order valence-electron chi connectivity index (χ2n) is 7.64. The van der Waals surface area contributed by atoms with Crippen molar-refractivity contribution in [3.05, 3.63) is 101 Å². The van der Waals surface area contributed by atoms with Gasteiger partial charge < -0.3 is 15.6 Å². The first-order chi connectivity index (χ1) is 16.1. The summed E-state index contributed by atoms with van der Waals surface area (Å²) in [6, 6.07) is 22.8. The maximum absolute atomic E-state index is 12.8. The van der Waals surface area contributed by atoms with Gasteiger partial charge in [0.2, 0.25) is 5.95 Å². The number of aromatic nitrogens is 3. The van der Waals surface area contributed by atoms with Gasteiger partial charge in [-0.15, -0.1) is 0 Å². The van der Waals surface area contributed by atoms with Crippen LogP contribution in [-0.2, 0) is 0 Å². The van der Waals surface area contributed by atoms with Crippen molar-refractivity contribution in [2.45, 2.75) is 6.92 Å². The van der Waals surface area contributed by atoms with Gasteiger partial charge in [-0.2, -0.15) is 0 Å². The van der Waals surface area contributed by atoms with E-state index in [1.54, 1.807) is 12.3 Å². The number of nitrogens with one attached hydrogen (secondary N) is 3. The zero-order valence-electron chi connectivity index (χ0n) is 17.8. The number of amides is 1. The quantitative estimate of drug-likeness (QED) is 0.280. The number of rotatable bonds is 5. The molecule has 3 N–H and O–H groups in total. The number of H-pyrrole nitrogens is 1. The fourth-order valence-electron chi connectivity index (χ4n) is 3.71. The maximum Gasteiger partial charge on any atom is 0.257 e. The van der Waals surface area contributed by atoms with Crippen molar-refractivity contribution in [1.82, 2.24) is 15.0 Å². The Labute approximate surface area is 195 Å². The molecule has 1 amide bonds. The van der Waals surface area contributed by atoms with Crippen LogP contribution in [0.25, 0.3) is 22.2 Å². The summed E-state index contributed by atoms with van der Waals surface area (Å²) < 4.78 is 0. The highest BCUT2D eigenvalue weighted by molar-refractivity contribution is 6.34. The van der Waals surface area contributed by atoms with E-state index in [4.69, 9.17) is 11.6 Å². The number of nitrogens with zero attached hydrogens (tertiary/aromatic N) is 2. The number of fused-ring (bicyclic) bond motifs is 1. The number of hydrogen-bond acceptors (Lipinski definition) is 4. The molecular weight excluding hydrogens is 434 g/mol. The molecule has 6 nitrogen and oxygen atoms in total. The molecule has 0 aliphatic carbocycles. The van der Waals surface area contributed by atoms with Crippen LogP contribution in [0.5, 0.6) is 0 Å². The van der Waals surface area contributed by atoms with Gasteiger partial charge in [-0.1, -0.05) is 35.9 Å². The van der Waals surface area contributed by atoms with Gasteiger partial charge in [0.1, 0.15) is 0 Å².